The molecule has 0 aliphatic heterocycles. The van der Waals surface area contributed by atoms with Gasteiger partial charge in [-0.25, -0.2) is 13.1 Å². The molecule has 5 nitrogen and oxygen atoms in total. The standard InChI is InChI=1S/C17H13F3N2O3S/c1-11-10-16(25-21-11)22-26(23,24)15-8-4-13(5-9-15)12-2-6-14(7-3-12)17(18,19)20/h2-10,22H,1H3. The van der Waals surface area contributed by atoms with Crippen LogP contribution in [-0.2, 0) is 16.2 Å². The number of hydrogen-bond acceptors (Lipinski definition) is 4. The molecule has 0 bridgehead atoms. The third-order valence-corrected chi connectivity index (χ3v) is 4.94. The van der Waals surface area contributed by atoms with Crippen LogP contribution in [0, 0.1) is 6.92 Å². The van der Waals surface area contributed by atoms with Crippen LogP contribution < -0.4 is 4.72 Å². The Balaban J connectivity index is 1.81. The number of nitrogens with zero attached hydrogens (tertiary/aromatic N) is 1. The molecule has 0 radical (unpaired) electrons. The van der Waals surface area contributed by atoms with Gasteiger partial charge in [0.25, 0.3) is 10.0 Å². The summed E-state index contributed by atoms with van der Waals surface area (Å²) < 4.78 is 69.5. The molecule has 0 atom stereocenters. The van der Waals surface area contributed by atoms with Crippen LogP contribution in [0.5, 0.6) is 0 Å². The van der Waals surface area contributed by atoms with Crippen molar-refractivity contribution in [3.63, 3.8) is 0 Å². The van der Waals surface area contributed by atoms with E-state index in [0.29, 0.717) is 16.8 Å². The van der Waals surface area contributed by atoms with Gasteiger partial charge in [-0.3, -0.25) is 0 Å². The number of halogens is 3. The maximum absolute atomic E-state index is 12.6. The fourth-order valence-electron chi connectivity index (χ4n) is 2.28. The average molecular weight is 382 g/mol. The molecule has 0 spiro atoms. The molecule has 1 N–H and O–H groups in total. The van der Waals surface area contributed by atoms with Gasteiger partial charge < -0.3 is 4.52 Å². The summed E-state index contributed by atoms with van der Waals surface area (Å²) in [5.41, 5.74) is 0.918. The van der Waals surface area contributed by atoms with Gasteiger partial charge in [0.05, 0.1) is 16.2 Å². The minimum Gasteiger partial charge on any atom is -0.338 e. The zero-order valence-electron chi connectivity index (χ0n) is 13.4. The number of anilines is 1. The molecule has 9 heteroatoms. The number of nitrogens with one attached hydrogen (secondary N) is 1. The minimum atomic E-state index is -4.40. The molecule has 2 aromatic carbocycles. The predicted molar refractivity (Wildman–Crippen MR) is 88.9 cm³/mol. The number of aromatic nitrogens is 1. The first-order valence-electron chi connectivity index (χ1n) is 7.39. The van der Waals surface area contributed by atoms with Crippen LogP contribution in [0.4, 0.5) is 19.1 Å². The highest BCUT2D eigenvalue weighted by atomic mass is 32.2. The van der Waals surface area contributed by atoms with E-state index < -0.39 is 21.8 Å². The number of hydrogen-bond donors (Lipinski definition) is 1. The second kappa shape index (κ2) is 6.49. The molecule has 3 rings (SSSR count). The lowest BCUT2D eigenvalue weighted by Crippen LogP contribution is -2.12. The maximum atomic E-state index is 12.6. The Kier molecular flexibility index (Phi) is 4.49. The molecule has 0 unspecified atom stereocenters. The van der Waals surface area contributed by atoms with E-state index in [1.54, 1.807) is 6.92 Å². The molecular formula is C17H13F3N2O3S. The first-order chi connectivity index (χ1) is 12.1. The van der Waals surface area contributed by atoms with Crippen LogP contribution in [0.2, 0.25) is 0 Å². The normalized spacial score (nSPS) is 12.2. The van der Waals surface area contributed by atoms with E-state index in [2.05, 4.69) is 9.88 Å². The van der Waals surface area contributed by atoms with Crippen molar-refractivity contribution >= 4 is 15.9 Å². The van der Waals surface area contributed by atoms with Crippen LogP contribution in [-0.4, -0.2) is 13.6 Å². The molecule has 3 aromatic rings. The van der Waals surface area contributed by atoms with E-state index in [4.69, 9.17) is 4.52 Å². The van der Waals surface area contributed by atoms with Crippen LogP contribution in [0.25, 0.3) is 11.1 Å². The first kappa shape index (κ1) is 18.0. The van der Waals surface area contributed by atoms with Crippen LogP contribution in [0.15, 0.2) is 64.0 Å². The van der Waals surface area contributed by atoms with Crippen molar-refractivity contribution in [1.82, 2.24) is 5.16 Å². The van der Waals surface area contributed by atoms with Gasteiger partial charge in [-0.15, -0.1) is 0 Å². The molecular weight excluding hydrogens is 369 g/mol. The zero-order valence-corrected chi connectivity index (χ0v) is 14.2. The first-order valence-corrected chi connectivity index (χ1v) is 8.87. The summed E-state index contributed by atoms with van der Waals surface area (Å²) in [4.78, 5) is -0.0118. The van der Waals surface area contributed by atoms with Gasteiger partial charge in [0, 0.05) is 6.07 Å². The van der Waals surface area contributed by atoms with Crippen LogP contribution >= 0.6 is 0 Å². The Morgan fingerprint density at radius 2 is 1.50 bits per heavy atom. The SMILES string of the molecule is Cc1cc(NS(=O)(=O)c2ccc(-c3ccc(C(F)(F)F)cc3)cc2)on1. The maximum Gasteiger partial charge on any atom is 0.416 e. The van der Waals surface area contributed by atoms with Gasteiger partial charge in [0.1, 0.15) is 0 Å². The summed E-state index contributed by atoms with van der Waals surface area (Å²) in [6, 6.07) is 11.8. The Morgan fingerprint density at radius 3 is 1.96 bits per heavy atom. The Labute approximate surface area is 147 Å². The molecule has 0 aliphatic carbocycles. The van der Waals surface area contributed by atoms with Gasteiger partial charge in [0.2, 0.25) is 5.88 Å². The van der Waals surface area contributed by atoms with Gasteiger partial charge >= 0.3 is 6.18 Å². The summed E-state index contributed by atoms with van der Waals surface area (Å²) in [6.07, 6.45) is -4.40. The van der Waals surface area contributed by atoms with E-state index in [0.717, 1.165) is 12.1 Å². The van der Waals surface area contributed by atoms with Crippen molar-refractivity contribution in [3.05, 3.63) is 65.9 Å². The third kappa shape index (κ3) is 3.88. The van der Waals surface area contributed by atoms with Crippen molar-refractivity contribution in [2.24, 2.45) is 0 Å². The lowest BCUT2D eigenvalue weighted by Gasteiger charge is -2.09. The highest BCUT2D eigenvalue weighted by Crippen LogP contribution is 2.31. The number of alkyl halides is 3. The van der Waals surface area contributed by atoms with E-state index in [1.165, 1.54) is 42.5 Å². The van der Waals surface area contributed by atoms with Crippen molar-refractivity contribution in [3.8, 4) is 11.1 Å². The fourth-order valence-corrected chi connectivity index (χ4v) is 3.25. The van der Waals surface area contributed by atoms with Crippen LogP contribution in [0.3, 0.4) is 0 Å². The molecule has 0 amide bonds. The topological polar surface area (TPSA) is 72.2 Å². The number of aryl methyl sites for hydroxylation is 1. The van der Waals surface area contributed by atoms with Crippen molar-refractivity contribution in [1.29, 1.82) is 0 Å². The highest BCUT2D eigenvalue weighted by molar-refractivity contribution is 7.92. The fraction of sp³-hybridized carbons (Fsp3) is 0.118. The smallest absolute Gasteiger partial charge is 0.338 e. The van der Waals surface area contributed by atoms with E-state index >= 15 is 0 Å². The van der Waals surface area contributed by atoms with Crippen molar-refractivity contribution in [2.45, 2.75) is 18.0 Å². The number of benzene rings is 2. The summed E-state index contributed by atoms with van der Waals surface area (Å²) in [5, 5.41) is 3.59. The molecule has 0 saturated carbocycles. The summed E-state index contributed by atoms with van der Waals surface area (Å²) in [6.45, 7) is 1.65. The number of rotatable bonds is 4. The predicted octanol–water partition coefficient (Wildman–Crippen LogP) is 4.47. The quantitative estimate of drug-likeness (QED) is 0.723. The number of sulfonamides is 1. The summed E-state index contributed by atoms with van der Waals surface area (Å²) >= 11 is 0. The summed E-state index contributed by atoms with van der Waals surface area (Å²) in [7, 11) is -3.86. The largest absolute Gasteiger partial charge is 0.416 e. The monoisotopic (exact) mass is 382 g/mol. The Hall–Kier alpha value is -2.81. The minimum absolute atomic E-state index is 0.00526. The van der Waals surface area contributed by atoms with Gasteiger partial charge in [-0.05, 0) is 42.3 Å². The molecule has 1 aromatic heterocycles. The Morgan fingerprint density at radius 1 is 0.962 bits per heavy atom. The van der Waals surface area contributed by atoms with Crippen molar-refractivity contribution < 1.29 is 26.1 Å². The second-order valence-corrected chi connectivity index (χ2v) is 7.22. The van der Waals surface area contributed by atoms with Gasteiger partial charge in [-0.1, -0.05) is 29.4 Å². The molecule has 0 aliphatic rings. The molecule has 26 heavy (non-hydrogen) atoms. The molecule has 1 heterocycles. The zero-order chi connectivity index (χ0) is 18.9. The summed E-state index contributed by atoms with van der Waals surface area (Å²) in [5.74, 6) is -0.00526. The second-order valence-electron chi connectivity index (χ2n) is 5.54. The van der Waals surface area contributed by atoms with Gasteiger partial charge in [0.15, 0.2) is 0 Å². The molecule has 0 saturated heterocycles. The lowest BCUT2D eigenvalue weighted by molar-refractivity contribution is -0.137. The lowest BCUT2D eigenvalue weighted by atomic mass is 10.0. The average Bonchev–Trinajstić information content (AvgIpc) is 2.98. The van der Waals surface area contributed by atoms with E-state index in [-0.39, 0.29) is 10.8 Å². The molecule has 136 valence electrons. The van der Waals surface area contributed by atoms with Crippen molar-refractivity contribution in [2.75, 3.05) is 4.72 Å². The van der Waals surface area contributed by atoms with E-state index in [9.17, 15) is 21.6 Å². The van der Waals surface area contributed by atoms with Gasteiger partial charge in [-0.2, -0.15) is 13.2 Å². The van der Waals surface area contributed by atoms with Crippen LogP contribution in [0.1, 0.15) is 11.3 Å². The third-order valence-electron chi connectivity index (χ3n) is 3.57. The van der Waals surface area contributed by atoms with E-state index in [1.807, 2.05) is 0 Å². The molecule has 0 fully saturated rings. The highest BCUT2D eigenvalue weighted by Gasteiger charge is 2.30. The Bertz CT molecular complexity index is 1010.